The summed E-state index contributed by atoms with van der Waals surface area (Å²) in [7, 11) is 0. The number of aryl methyl sites for hydroxylation is 1. The van der Waals surface area contributed by atoms with Crippen LogP contribution in [0.25, 0.3) is 0 Å². The number of nitrogens with one attached hydrogen (secondary N) is 2. The average Bonchev–Trinajstić information content (AvgIpc) is 2.56. The van der Waals surface area contributed by atoms with E-state index in [4.69, 9.17) is 0 Å². The number of carbonyl (C=O) groups excluding carboxylic acids is 1. The number of para-hydroxylation sites is 1. The lowest BCUT2D eigenvalue weighted by Gasteiger charge is -2.09. The van der Waals surface area contributed by atoms with Gasteiger partial charge >= 0.3 is 0 Å². The van der Waals surface area contributed by atoms with Crippen molar-refractivity contribution in [1.82, 2.24) is 9.97 Å². The molecule has 2 aromatic rings. The Morgan fingerprint density at radius 1 is 1.14 bits per heavy atom. The molecule has 0 unspecified atom stereocenters. The van der Waals surface area contributed by atoms with Crippen LogP contribution in [0.2, 0.25) is 0 Å². The van der Waals surface area contributed by atoms with Crippen LogP contribution in [-0.4, -0.2) is 22.4 Å². The van der Waals surface area contributed by atoms with Crippen LogP contribution >= 0.6 is 0 Å². The van der Waals surface area contributed by atoms with E-state index in [0.29, 0.717) is 11.5 Å². The molecule has 22 heavy (non-hydrogen) atoms. The monoisotopic (exact) mass is 298 g/mol. The molecule has 1 amide bonds. The van der Waals surface area contributed by atoms with Crippen LogP contribution in [0.3, 0.4) is 0 Å². The van der Waals surface area contributed by atoms with Crippen molar-refractivity contribution in [1.29, 1.82) is 0 Å². The highest BCUT2D eigenvalue weighted by Gasteiger charge is 2.09. The summed E-state index contributed by atoms with van der Waals surface area (Å²) in [5, 5.41) is 6.04. The maximum atomic E-state index is 12.2. The lowest BCUT2D eigenvalue weighted by Crippen LogP contribution is -2.14. The van der Waals surface area contributed by atoms with Crippen molar-refractivity contribution in [2.24, 2.45) is 0 Å². The second-order valence-electron chi connectivity index (χ2n) is 5.04. The van der Waals surface area contributed by atoms with E-state index in [9.17, 15) is 4.79 Å². The van der Waals surface area contributed by atoms with E-state index in [0.717, 1.165) is 37.1 Å². The van der Waals surface area contributed by atoms with Crippen molar-refractivity contribution in [3.63, 3.8) is 0 Å². The molecule has 0 bridgehead atoms. The average molecular weight is 298 g/mol. The number of anilines is 2. The zero-order chi connectivity index (χ0) is 15.8. The van der Waals surface area contributed by atoms with Crippen LogP contribution < -0.4 is 10.6 Å². The molecule has 2 rings (SSSR count). The van der Waals surface area contributed by atoms with E-state index in [2.05, 4.69) is 34.4 Å². The van der Waals surface area contributed by atoms with Crippen LogP contribution in [0.1, 0.15) is 42.6 Å². The summed E-state index contributed by atoms with van der Waals surface area (Å²) in [6, 6.07) is 7.78. The van der Waals surface area contributed by atoms with Crippen molar-refractivity contribution in [2.75, 3.05) is 17.2 Å². The molecular weight excluding hydrogens is 276 g/mol. The summed E-state index contributed by atoms with van der Waals surface area (Å²) in [4.78, 5) is 20.6. The van der Waals surface area contributed by atoms with Gasteiger partial charge in [-0.05, 0) is 24.5 Å². The van der Waals surface area contributed by atoms with Crippen molar-refractivity contribution in [2.45, 2.75) is 33.1 Å². The lowest BCUT2D eigenvalue weighted by atomic mass is 10.1. The number of amides is 1. The number of hydrogen-bond acceptors (Lipinski definition) is 4. The molecule has 116 valence electrons. The molecule has 0 atom stereocenters. The summed E-state index contributed by atoms with van der Waals surface area (Å²) >= 11 is 0. The molecule has 2 N–H and O–H groups in total. The van der Waals surface area contributed by atoms with E-state index in [-0.39, 0.29) is 5.91 Å². The van der Waals surface area contributed by atoms with Crippen LogP contribution in [0.4, 0.5) is 11.6 Å². The Labute approximate surface area is 131 Å². The molecule has 0 radical (unpaired) electrons. The predicted octanol–water partition coefficient (Wildman–Crippen LogP) is 3.50. The third-order valence-electron chi connectivity index (χ3n) is 3.37. The van der Waals surface area contributed by atoms with Gasteiger partial charge in [0.1, 0.15) is 0 Å². The smallest absolute Gasteiger partial charge is 0.258 e. The summed E-state index contributed by atoms with van der Waals surface area (Å²) in [6.45, 7) is 5.03. The summed E-state index contributed by atoms with van der Waals surface area (Å²) in [5.74, 6) is 0.361. The number of nitrogens with zero attached hydrogens (tertiary/aromatic N) is 2. The Hall–Kier alpha value is -2.43. The molecule has 5 heteroatoms. The number of unbranched alkanes of at least 4 members (excludes halogenated alkanes) is 1. The highest BCUT2D eigenvalue weighted by Crippen LogP contribution is 2.16. The first-order valence-corrected chi connectivity index (χ1v) is 7.69. The van der Waals surface area contributed by atoms with Crippen molar-refractivity contribution in [3.05, 3.63) is 47.8 Å². The standard InChI is InChI=1S/C17H22N4O/c1-3-5-10-18-17-19-11-14(12-20-17)16(22)21-15-9-7-6-8-13(15)4-2/h6-9,11-12H,3-5,10H2,1-2H3,(H,21,22)(H,18,19,20). The molecule has 0 aliphatic heterocycles. The Morgan fingerprint density at radius 2 is 1.86 bits per heavy atom. The van der Waals surface area contributed by atoms with Gasteiger partial charge in [-0.3, -0.25) is 4.79 Å². The normalized spacial score (nSPS) is 10.3. The van der Waals surface area contributed by atoms with E-state index in [1.54, 1.807) is 12.4 Å². The van der Waals surface area contributed by atoms with Crippen LogP contribution in [-0.2, 0) is 6.42 Å². The van der Waals surface area contributed by atoms with Gasteiger partial charge in [0.15, 0.2) is 0 Å². The van der Waals surface area contributed by atoms with Crippen molar-refractivity contribution < 1.29 is 4.79 Å². The molecule has 1 aromatic carbocycles. The molecular formula is C17H22N4O. The van der Waals surface area contributed by atoms with Crippen molar-refractivity contribution >= 4 is 17.5 Å². The van der Waals surface area contributed by atoms with Gasteiger partial charge in [0.2, 0.25) is 5.95 Å². The van der Waals surface area contributed by atoms with Gasteiger partial charge in [-0.25, -0.2) is 9.97 Å². The van der Waals surface area contributed by atoms with Gasteiger partial charge < -0.3 is 10.6 Å². The van der Waals surface area contributed by atoms with E-state index < -0.39 is 0 Å². The van der Waals surface area contributed by atoms with E-state index >= 15 is 0 Å². The number of carbonyl (C=O) groups is 1. The highest BCUT2D eigenvalue weighted by atomic mass is 16.1. The minimum atomic E-state index is -0.194. The first kappa shape index (κ1) is 15.9. The Morgan fingerprint density at radius 3 is 2.55 bits per heavy atom. The lowest BCUT2D eigenvalue weighted by molar-refractivity contribution is 0.102. The molecule has 0 aliphatic rings. The molecule has 1 heterocycles. The zero-order valence-corrected chi connectivity index (χ0v) is 13.1. The molecule has 0 aliphatic carbocycles. The van der Waals surface area contributed by atoms with Gasteiger partial charge in [-0.15, -0.1) is 0 Å². The summed E-state index contributed by atoms with van der Waals surface area (Å²) in [6.07, 6.45) is 6.15. The third-order valence-corrected chi connectivity index (χ3v) is 3.37. The molecule has 0 spiro atoms. The minimum Gasteiger partial charge on any atom is -0.354 e. The molecule has 0 saturated carbocycles. The second kappa shape index (κ2) is 8.12. The van der Waals surface area contributed by atoms with E-state index in [1.807, 2.05) is 24.3 Å². The van der Waals surface area contributed by atoms with Crippen LogP contribution in [0, 0.1) is 0 Å². The van der Waals surface area contributed by atoms with Gasteiger partial charge in [-0.2, -0.15) is 0 Å². The van der Waals surface area contributed by atoms with Gasteiger partial charge in [0, 0.05) is 24.6 Å². The number of hydrogen-bond donors (Lipinski definition) is 2. The third kappa shape index (κ3) is 4.28. The van der Waals surface area contributed by atoms with E-state index in [1.165, 1.54) is 0 Å². The predicted molar refractivity (Wildman–Crippen MR) is 89.2 cm³/mol. The molecule has 0 saturated heterocycles. The van der Waals surface area contributed by atoms with Gasteiger partial charge in [0.05, 0.1) is 5.56 Å². The Bertz CT molecular complexity index is 610. The maximum absolute atomic E-state index is 12.2. The second-order valence-corrected chi connectivity index (χ2v) is 5.04. The molecule has 1 aromatic heterocycles. The fourth-order valence-corrected chi connectivity index (χ4v) is 2.06. The first-order chi connectivity index (χ1) is 10.7. The maximum Gasteiger partial charge on any atom is 0.258 e. The topological polar surface area (TPSA) is 66.9 Å². The van der Waals surface area contributed by atoms with Crippen LogP contribution in [0.15, 0.2) is 36.7 Å². The quantitative estimate of drug-likeness (QED) is 0.768. The Kier molecular flexibility index (Phi) is 5.89. The molecule has 0 fully saturated rings. The van der Waals surface area contributed by atoms with Crippen LogP contribution in [0.5, 0.6) is 0 Å². The zero-order valence-electron chi connectivity index (χ0n) is 13.1. The number of rotatable bonds is 7. The van der Waals surface area contributed by atoms with Crippen molar-refractivity contribution in [3.8, 4) is 0 Å². The Balaban J connectivity index is 2.00. The SMILES string of the molecule is CCCCNc1ncc(C(=O)Nc2ccccc2CC)cn1. The fraction of sp³-hybridized carbons (Fsp3) is 0.353. The largest absolute Gasteiger partial charge is 0.354 e. The van der Waals surface area contributed by atoms with Gasteiger partial charge in [-0.1, -0.05) is 38.5 Å². The molecule has 5 nitrogen and oxygen atoms in total. The summed E-state index contributed by atoms with van der Waals surface area (Å²) in [5.41, 5.74) is 2.39. The fourth-order valence-electron chi connectivity index (χ4n) is 2.06. The minimum absolute atomic E-state index is 0.194. The number of aromatic nitrogens is 2. The van der Waals surface area contributed by atoms with Gasteiger partial charge in [0.25, 0.3) is 5.91 Å². The number of benzene rings is 1. The first-order valence-electron chi connectivity index (χ1n) is 7.69. The summed E-state index contributed by atoms with van der Waals surface area (Å²) < 4.78 is 0. The highest BCUT2D eigenvalue weighted by molar-refractivity contribution is 6.04.